The van der Waals surface area contributed by atoms with E-state index in [1.807, 2.05) is 55.5 Å². The zero-order valence-electron chi connectivity index (χ0n) is 17.9. The molecular formula is C25H26N2O5. The summed E-state index contributed by atoms with van der Waals surface area (Å²) in [6.07, 6.45) is 5.48. The molecule has 0 radical (unpaired) electrons. The number of terminal acetylenes is 1. The third-order valence-corrected chi connectivity index (χ3v) is 5.43. The van der Waals surface area contributed by atoms with E-state index < -0.39 is 30.6 Å². The minimum absolute atomic E-state index is 0.0987. The molecule has 7 heteroatoms. The van der Waals surface area contributed by atoms with Gasteiger partial charge in [0, 0.05) is 5.92 Å². The average molecular weight is 434 g/mol. The Morgan fingerprint density at radius 2 is 1.72 bits per heavy atom. The van der Waals surface area contributed by atoms with Crippen LogP contribution in [0.1, 0.15) is 36.8 Å². The summed E-state index contributed by atoms with van der Waals surface area (Å²) in [4.78, 5) is 37.4. The molecule has 1 unspecified atom stereocenters. The number of hydrogen-bond donors (Lipinski definition) is 2. The van der Waals surface area contributed by atoms with Gasteiger partial charge in [-0.2, -0.15) is 0 Å². The van der Waals surface area contributed by atoms with Crippen molar-refractivity contribution in [3.8, 4) is 23.5 Å². The Morgan fingerprint density at radius 1 is 1.12 bits per heavy atom. The van der Waals surface area contributed by atoms with E-state index in [-0.39, 0.29) is 19.1 Å². The molecule has 2 N–H and O–H groups in total. The summed E-state index contributed by atoms with van der Waals surface area (Å²) in [6, 6.07) is 15.1. The first-order valence-corrected chi connectivity index (χ1v) is 10.5. The van der Waals surface area contributed by atoms with E-state index >= 15 is 0 Å². The molecule has 0 aromatic heterocycles. The molecule has 2 amide bonds. The number of aliphatic carboxylic acids is 1. The lowest BCUT2D eigenvalue weighted by atomic mass is 9.98. The summed E-state index contributed by atoms with van der Waals surface area (Å²) in [6.45, 7) is 1.30. The summed E-state index contributed by atoms with van der Waals surface area (Å²) < 4.78 is 5.51. The number of nitrogens with one attached hydrogen (secondary N) is 1. The van der Waals surface area contributed by atoms with Gasteiger partial charge in [0.05, 0.1) is 6.54 Å². The van der Waals surface area contributed by atoms with Crippen molar-refractivity contribution in [2.45, 2.75) is 31.7 Å². The molecule has 0 fully saturated rings. The molecule has 2 aromatic rings. The van der Waals surface area contributed by atoms with E-state index in [4.69, 9.17) is 16.3 Å². The molecule has 0 saturated heterocycles. The number of hydrogen-bond acceptors (Lipinski definition) is 4. The van der Waals surface area contributed by atoms with Crippen molar-refractivity contribution in [2.75, 3.05) is 19.7 Å². The van der Waals surface area contributed by atoms with Crippen molar-refractivity contribution in [3.63, 3.8) is 0 Å². The molecule has 0 aliphatic heterocycles. The Balaban J connectivity index is 1.68. The summed E-state index contributed by atoms with van der Waals surface area (Å²) in [5.41, 5.74) is 4.41. The lowest BCUT2D eigenvalue weighted by Gasteiger charge is -2.25. The zero-order chi connectivity index (χ0) is 23.1. The first-order chi connectivity index (χ1) is 15.5. The molecule has 0 spiro atoms. The molecule has 166 valence electrons. The van der Waals surface area contributed by atoms with Crippen LogP contribution >= 0.6 is 0 Å². The largest absolute Gasteiger partial charge is 0.480 e. The predicted octanol–water partition coefficient (Wildman–Crippen LogP) is 3.24. The van der Waals surface area contributed by atoms with Crippen LogP contribution in [0.25, 0.3) is 11.1 Å². The fourth-order valence-electron chi connectivity index (χ4n) is 4.03. The van der Waals surface area contributed by atoms with Gasteiger partial charge in [0.2, 0.25) is 5.91 Å². The molecule has 1 aliphatic rings. The number of ether oxygens (including phenoxy) is 1. The summed E-state index contributed by atoms with van der Waals surface area (Å²) in [5, 5.41) is 11.6. The fourth-order valence-corrected chi connectivity index (χ4v) is 4.03. The van der Waals surface area contributed by atoms with Crippen LogP contribution in [0.2, 0.25) is 0 Å². The van der Waals surface area contributed by atoms with Crippen molar-refractivity contribution in [3.05, 3.63) is 59.7 Å². The quantitative estimate of drug-likeness (QED) is 0.591. The maximum absolute atomic E-state index is 12.8. The Bertz CT molecular complexity index is 997. The van der Waals surface area contributed by atoms with E-state index in [1.165, 1.54) is 0 Å². The van der Waals surface area contributed by atoms with Crippen molar-refractivity contribution >= 4 is 18.0 Å². The maximum Gasteiger partial charge on any atom is 0.407 e. The maximum atomic E-state index is 12.8. The highest BCUT2D eigenvalue weighted by Gasteiger charge is 2.30. The molecule has 7 nitrogen and oxygen atoms in total. The molecular weight excluding hydrogens is 408 g/mol. The van der Waals surface area contributed by atoms with Gasteiger partial charge in [-0.15, -0.1) is 6.42 Å². The molecule has 2 aromatic carbocycles. The number of alkyl carbamates (subject to hydrolysis) is 1. The number of benzene rings is 2. The molecule has 3 rings (SSSR count). The van der Waals surface area contributed by atoms with Gasteiger partial charge < -0.3 is 20.1 Å². The normalized spacial score (nSPS) is 12.8. The number of carbonyl (C=O) groups excluding carboxylic acids is 2. The second-order valence-corrected chi connectivity index (χ2v) is 7.60. The minimum atomic E-state index is -1.18. The second kappa shape index (κ2) is 10.5. The van der Waals surface area contributed by atoms with E-state index in [0.717, 1.165) is 27.2 Å². The summed E-state index contributed by atoms with van der Waals surface area (Å²) in [5.74, 6) is 0.468. The summed E-state index contributed by atoms with van der Waals surface area (Å²) >= 11 is 0. The van der Waals surface area contributed by atoms with Gasteiger partial charge in [0.1, 0.15) is 19.2 Å². The number of amides is 2. The second-order valence-electron chi connectivity index (χ2n) is 7.60. The van der Waals surface area contributed by atoms with Crippen LogP contribution in [0.4, 0.5) is 4.79 Å². The van der Waals surface area contributed by atoms with Gasteiger partial charge in [-0.25, -0.2) is 4.79 Å². The van der Waals surface area contributed by atoms with Gasteiger partial charge in [0.15, 0.2) is 0 Å². The fraction of sp³-hybridized carbons (Fsp3) is 0.320. The third kappa shape index (κ3) is 5.09. The monoisotopic (exact) mass is 434 g/mol. The first kappa shape index (κ1) is 22.9. The number of nitrogens with zero attached hydrogens (tertiary/aromatic N) is 1. The number of carbonyl (C=O) groups is 3. The highest BCUT2D eigenvalue weighted by atomic mass is 16.5. The van der Waals surface area contributed by atoms with E-state index in [9.17, 15) is 14.4 Å². The van der Waals surface area contributed by atoms with E-state index in [2.05, 4.69) is 11.2 Å². The Hall–Kier alpha value is -3.79. The number of carboxylic acid groups (broad SMARTS) is 1. The van der Waals surface area contributed by atoms with Crippen LogP contribution in [0.15, 0.2) is 48.5 Å². The average Bonchev–Trinajstić information content (AvgIpc) is 3.10. The lowest BCUT2D eigenvalue weighted by molar-refractivity contribution is -0.144. The van der Waals surface area contributed by atoms with Crippen LogP contribution < -0.4 is 5.32 Å². The van der Waals surface area contributed by atoms with E-state index in [0.29, 0.717) is 12.8 Å². The molecule has 32 heavy (non-hydrogen) atoms. The Kier molecular flexibility index (Phi) is 7.50. The zero-order valence-corrected chi connectivity index (χ0v) is 17.9. The van der Waals surface area contributed by atoms with Gasteiger partial charge in [0.25, 0.3) is 0 Å². The molecule has 0 bridgehead atoms. The van der Waals surface area contributed by atoms with Crippen molar-refractivity contribution in [1.29, 1.82) is 0 Å². The van der Waals surface area contributed by atoms with Gasteiger partial charge in [-0.1, -0.05) is 67.8 Å². The van der Waals surface area contributed by atoms with Crippen LogP contribution in [-0.2, 0) is 14.3 Å². The highest BCUT2D eigenvalue weighted by molar-refractivity contribution is 5.88. The van der Waals surface area contributed by atoms with Crippen molar-refractivity contribution < 1.29 is 24.2 Å². The Labute approximate surface area is 187 Å². The number of carboxylic acids is 1. The van der Waals surface area contributed by atoms with Crippen molar-refractivity contribution in [1.82, 2.24) is 10.2 Å². The van der Waals surface area contributed by atoms with Crippen LogP contribution in [0, 0.1) is 12.3 Å². The Morgan fingerprint density at radius 3 is 2.25 bits per heavy atom. The van der Waals surface area contributed by atoms with Crippen LogP contribution in [0.3, 0.4) is 0 Å². The SMILES string of the molecule is C#CCN(CC(=O)O)C(=O)C(CCC)NC(=O)OCC1c2ccccc2-c2ccccc21. The first-order valence-electron chi connectivity index (χ1n) is 10.5. The van der Waals surface area contributed by atoms with Gasteiger partial charge in [-0.3, -0.25) is 9.59 Å². The third-order valence-electron chi connectivity index (χ3n) is 5.43. The van der Waals surface area contributed by atoms with Crippen LogP contribution in [0.5, 0.6) is 0 Å². The topological polar surface area (TPSA) is 95.9 Å². The standard InChI is InChI=1S/C25H26N2O5/c1-3-9-22(24(30)27(14-4-2)15-23(28)29)26-25(31)32-16-21-19-12-7-5-10-17(19)18-11-6-8-13-20(18)21/h2,5-8,10-13,21-22H,3,9,14-16H2,1H3,(H,26,31)(H,28,29). The lowest BCUT2D eigenvalue weighted by Crippen LogP contribution is -2.50. The molecule has 1 atom stereocenters. The highest BCUT2D eigenvalue weighted by Crippen LogP contribution is 2.44. The predicted molar refractivity (Wildman–Crippen MR) is 120 cm³/mol. The summed E-state index contributed by atoms with van der Waals surface area (Å²) in [7, 11) is 0. The molecule has 0 saturated carbocycles. The molecule has 1 aliphatic carbocycles. The van der Waals surface area contributed by atoms with Crippen molar-refractivity contribution in [2.24, 2.45) is 0 Å². The van der Waals surface area contributed by atoms with Gasteiger partial charge >= 0.3 is 12.1 Å². The van der Waals surface area contributed by atoms with E-state index in [1.54, 1.807) is 0 Å². The van der Waals surface area contributed by atoms with Gasteiger partial charge in [-0.05, 0) is 28.7 Å². The minimum Gasteiger partial charge on any atom is -0.480 e. The number of rotatable bonds is 9. The molecule has 0 heterocycles. The number of fused-ring (bicyclic) bond motifs is 3. The smallest absolute Gasteiger partial charge is 0.407 e. The van der Waals surface area contributed by atoms with Crippen LogP contribution in [-0.4, -0.2) is 53.7 Å².